The van der Waals surface area contributed by atoms with Crippen LogP contribution in [-0.4, -0.2) is 12.9 Å². The molecule has 0 aliphatic carbocycles. The molecule has 0 N–H and O–H groups in total. The van der Waals surface area contributed by atoms with Crippen LogP contribution in [0.3, 0.4) is 0 Å². The lowest BCUT2D eigenvalue weighted by atomic mass is 9.94. The molecule has 2 rings (SSSR count). The molecule has 0 saturated heterocycles. The Balaban J connectivity index is 2.35. The summed E-state index contributed by atoms with van der Waals surface area (Å²) in [6.45, 7) is 3.73. The Kier molecular flexibility index (Phi) is 3.66. The summed E-state index contributed by atoms with van der Waals surface area (Å²) in [6.07, 6.45) is 0.599. The molecule has 2 nitrogen and oxygen atoms in total. The lowest BCUT2D eigenvalue weighted by molar-refractivity contribution is -0.117. The van der Waals surface area contributed by atoms with Crippen LogP contribution in [0.25, 0.3) is 10.8 Å². The molecule has 0 fully saturated rings. The molecule has 1 unspecified atom stereocenters. The average Bonchev–Trinajstić information content (AvgIpc) is 2.36. The van der Waals surface area contributed by atoms with Gasteiger partial charge in [0.1, 0.15) is 11.5 Å². The van der Waals surface area contributed by atoms with Crippen LogP contribution in [0, 0.1) is 0 Å². The highest BCUT2D eigenvalue weighted by molar-refractivity contribution is 5.85. The lowest BCUT2D eigenvalue weighted by Crippen LogP contribution is -2.00. The Bertz CT molecular complexity index is 572. The fraction of sp³-hybridized carbons (Fsp3) is 0.312. The SMILES string of the molecule is COc1ccc2cc(C(C)CC(C)=O)ccc2c1. The second-order valence-electron chi connectivity index (χ2n) is 4.78. The van der Waals surface area contributed by atoms with Crippen LogP contribution < -0.4 is 4.74 Å². The monoisotopic (exact) mass is 242 g/mol. The molecular formula is C16H18O2. The molecule has 1 atom stereocenters. The van der Waals surface area contributed by atoms with E-state index in [9.17, 15) is 4.79 Å². The molecule has 0 amide bonds. The molecule has 0 bridgehead atoms. The number of carbonyl (C=O) groups excluding carboxylic acids is 1. The first-order valence-electron chi connectivity index (χ1n) is 6.17. The minimum Gasteiger partial charge on any atom is -0.497 e. The average molecular weight is 242 g/mol. The van der Waals surface area contributed by atoms with Gasteiger partial charge in [-0.15, -0.1) is 0 Å². The summed E-state index contributed by atoms with van der Waals surface area (Å²) in [5.41, 5.74) is 1.21. The van der Waals surface area contributed by atoms with Gasteiger partial charge in [0.25, 0.3) is 0 Å². The predicted molar refractivity (Wildman–Crippen MR) is 74.2 cm³/mol. The Labute approximate surface area is 108 Å². The van der Waals surface area contributed by atoms with Crippen molar-refractivity contribution in [2.24, 2.45) is 0 Å². The van der Waals surface area contributed by atoms with Gasteiger partial charge in [0.15, 0.2) is 0 Å². The van der Waals surface area contributed by atoms with Crippen molar-refractivity contribution in [2.45, 2.75) is 26.2 Å². The normalized spacial score (nSPS) is 12.4. The molecule has 0 radical (unpaired) electrons. The summed E-state index contributed by atoms with van der Waals surface area (Å²) < 4.78 is 5.21. The number of carbonyl (C=O) groups is 1. The van der Waals surface area contributed by atoms with E-state index in [0.29, 0.717) is 6.42 Å². The van der Waals surface area contributed by atoms with Crippen LogP contribution >= 0.6 is 0 Å². The third-order valence-corrected chi connectivity index (χ3v) is 3.23. The number of rotatable bonds is 4. The van der Waals surface area contributed by atoms with E-state index in [-0.39, 0.29) is 11.7 Å². The molecular weight excluding hydrogens is 224 g/mol. The molecule has 0 heterocycles. The second kappa shape index (κ2) is 5.21. The van der Waals surface area contributed by atoms with E-state index in [2.05, 4.69) is 31.2 Å². The molecule has 2 aromatic rings. The quantitative estimate of drug-likeness (QED) is 0.812. The molecule has 18 heavy (non-hydrogen) atoms. The Hall–Kier alpha value is -1.83. The predicted octanol–water partition coefficient (Wildman–Crippen LogP) is 3.93. The zero-order chi connectivity index (χ0) is 13.1. The number of fused-ring (bicyclic) bond motifs is 1. The summed E-state index contributed by atoms with van der Waals surface area (Å²) in [4.78, 5) is 11.2. The van der Waals surface area contributed by atoms with Crippen LogP contribution in [0.2, 0.25) is 0 Å². The highest BCUT2D eigenvalue weighted by atomic mass is 16.5. The van der Waals surface area contributed by atoms with Crippen molar-refractivity contribution in [3.8, 4) is 5.75 Å². The molecule has 0 spiro atoms. The number of Topliss-reactive ketones (excluding diaryl/α,β-unsaturated/α-hetero) is 1. The maximum atomic E-state index is 11.2. The van der Waals surface area contributed by atoms with Gasteiger partial charge in [-0.1, -0.05) is 31.2 Å². The Morgan fingerprint density at radius 3 is 2.50 bits per heavy atom. The van der Waals surface area contributed by atoms with Crippen LogP contribution in [-0.2, 0) is 4.79 Å². The summed E-state index contributed by atoms with van der Waals surface area (Å²) in [7, 11) is 1.67. The maximum Gasteiger partial charge on any atom is 0.130 e. The van der Waals surface area contributed by atoms with Crippen molar-refractivity contribution in [3.05, 3.63) is 42.0 Å². The third kappa shape index (κ3) is 2.70. The number of benzene rings is 2. The summed E-state index contributed by atoms with van der Waals surface area (Å²) in [5.74, 6) is 1.37. The first-order valence-corrected chi connectivity index (χ1v) is 6.17. The van der Waals surface area contributed by atoms with E-state index in [4.69, 9.17) is 4.74 Å². The van der Waals surface area contributed by atoms with Crippen LogP contribution in [0.4, 0.5) is 0 Å². The van der Waals surface area contributed by atoms with Crippen LogP contribution in [0.15, 0.2) is 36.4 Å². The topological polar surface area (TPSA) is 26.3 Å². The van der Waals surface area contributed by atoms with E-state index in [1.807, 2.05) is 12.1 Å². The zero-order valence-electron chi connectivity index (χ0n) is 11.1. The molecule has 0 aliphatic heterocycles. The largest absolute Gasteiger partial charge is 0.497 e. The summed E-state index contributed by atoms with van der Waals surface area (Å²) >= 11 is 0. The van der Waals surface area contributed by atoms with E-state index >= 15 is 0 Å². The van der Waals surface area contributed by atoms with Crippen molar-refractivity contribution >= 4 is 16.6 Å². The van der Waals surface area contributed by atoms with Gasteiger partial charge in [-0.3, -0.25) is 0 Å². The fourth-order valence-electron chi connectivity index (χ4n) is 2.22. The molecule has 94 valence electrons. The first kappa shape index (κ1) is 12.6. The van der Waals surface area contributed by atoms with Gasteiger partial charge in [-0.25, -0.2) is 0 Å². The van der Waals surface area contributed by atoms with Gasteiger partial charge in [0, 0.05) is 6.42 Å². The summed E-state index contributed by atoms with van der Waals surface area (Å²) in [6, 6.07) is 12.4. The van der Waals surface area contributed by atoms with Gasteiger partial charge in [-0.2, -0.15) is 0 Å². The molecule has 2 heteroatoms. The zero-order valence-corrected chi connectivity index (χ0v) is 11.1. The molecule has 0 saturated carbocycles. The molecule has 0 aromatic heterocycles. The fourth-order valence-corrected chi connectivity index (χ4v) is 2.22. The van der Waals surface area contributed by atoms with Gasteiger partial charge >= 0.3 is 0 Å². The number of hydrogen-bond acceptors (Lipinski definition) is 2. The van der Waals surface area contributed by atoms with Gasteiger partial charge < -0.3 is 9.53 Å². The number of methoxy groups -OCH3 is 1. The number of hydrogen-bond donors (Lipinski definition) is 0. The minimum atomic E-state index is 0.234. The molecule has 0 aliphatic rings. The van der Waals surface area contributed by atoms with Gasteiger partial charge in [0.2, 0.25) is 0 Å². The molecule has 2 aromatic carbocycles. The second-order valence-corrected chi connectivity index (χ2v) is 4.78. The number of ketones is 1. The minimum absolute atomic E-state index is 0.234. The standard InChI is InChI=1S/C16H18O2/c1-11(8-12(2)17)13-4-5-15-10-16(18-3)7-6-14(15)9-13/h4-7,9-11H,8H2,1-3H3. The van der Waals surface area contributed by atoms with Gasteiger partial charge in [0.05, 0.1) is 7.11 Å². The van der Waals surface area contributed by atoms with Crippen LogP contribution in [0.5, 0.6) is 5.75 Å². The first-order chi connectivity index (χ1) is 8.60. The maximum absolute atomic E-state index is 11.2. The van der Waals surface area contributed by atoms with Crippen LogP contribution in [0.1, 0.15) is 31.7 Å². The Morgan fingerprint density at radius 2 is 1.83 bits per heavy atom. The van der Waals surface area contributed by atoms with E-state index < -0.39 is 0 Å². The summed E-state index contributed by atoms with van der Waals surface area (Å²) in [5, 5.41) is 2.34. The van der Waals surface area contributed by atoms with E-state index in [1.165, 1.54) is 10.9 Å². The smallest absolute Gasteiger partial charge is 0.130 e. The van der Waals surface area contributed by atoms with Crippen molar-refractivity contribution in [1.29, 1.82) is 0 Å². The highest BCUT2D eigenvalue weighted by Crippen LogP contribution is 2.26. The Morgan fingerprint density at radius 1 is 1.17 bits per heavy atom. The highest BCUT2D eigenvalue weighted by Gasteiger charge is 2.08. The van der Waals surface area contributed by atoms with Crippen molar-refractivity contribution in [1.82, 2.24) is 0 Å². The van der Waals surface area contributed by atoms with Crippen molar-refractivity contribution in [2.75, 3.05) is 7.11 Å². The number of ether oxygens (including phenoxy) is 1. The van der Waals surface area contributed by atoms with Crippen molar-refractivity contribution < 1.29 is 9.53 Å². The lowest BCUT2D eigenvalue weighted by Gasteiger charge is -2.11. The van der Waals surface area contributed by atoms with Crippen molar-refractivity contribution in [3.63, 3.8) is 0 Å². The van der Waals surface area contributed by atoms with E-state index in [0.717, 1.165) is 11.1 Å². The van der Waals surface area contributed by atoms with E-state index in [1.54, 1.807) is 14.0 Å². The third-order valence-electron chi connectivity index (χ3n) is 3.23. The van der Waals surface area contributed by atoms with Gasteiger partial charge in [-0.05, 0) is 41.3 Å².